The third-order valence-electron chi connectivity index (χ3n) is 2.01. The zero-order valence-electron chi connectivity index (χ0n) is 8.78. The highest BCUT2D eigenvalue weighted by Gasteiger charge is 2.12. The molecule has 0 aliphatic heterocycles. The fraction of sp³-hybridized carbons (Fsp3) is 0.364. The summed E-state index contributed by atoms with van der Waals surface area (Å²) in [6, 6.07) is 3.52. The van der Waals surface area contributed by atoms with Gasteiger partial charge in [0, 0.05) is 17.8 Å². The summed E-state index contributed by atoms with van der Waals surface area (Å²) >= 11 is 7.09. The summed E-state index contributed by atoms with van der Waals surface area (Å²) in [5.41, 5.74) is 0. The first-order chi connectivity index (χ1) is 7.63. The average molecular weight is 260 g/mol. The van der Waals surface area contributed by atoms with Crippen molar-refractivity contribution in [2.24, 2.45) is 0 Å². The van der Waals surface area contributed by atoms with Crippen LogP contribution in [0.5, 0.6) is 0 Å². The fourth-order valence-electron chi connectivity index (χ4n) is 1.19. The number of hydrogen-bond donors (Lipinski definition) is 2. The predicted molar refractivity (Wildman–Crippen MR) is 66.7 cm³/mol. The van der Waals surface area contributed by atoms with Gasteiger partial charge in [0.2, 0.25) is 5.91 Å². The van der Waals surface area contributed by atoms with Crippen LogP contribution in [0, 0.1) is 0 Å². The van der Waals surface area contributed by atoms with Gasteiger partial charge in [-0.25, -0.2) is 0 Å². The van der Waals surface area contributed by atoms with Crippen LogP contribution in [0.2, 0.25) is 4.34 Å². The first-order valence-electron chi connectivity index (χ1n) is 4.94. The van der Waals surface area contributed by atoms with Crippen molar-refractivity contribution in [1.82, 2.24) is 5.32 Å². The molecule has 1 amide bonds. The molecule has 0 aromatic carbocycles. The Balaban J connectivity index is 2.32. The molecule has 0 saturated carbocycles. The lowest BCUT2D eigenvalue weighted by Crippen LogP contribution is -2.23. The minimum atomic E-state index is -0.619. The Labute approximate surface area is 104 Å². The number of rotatable bonds is 6. The van der Waals surface area contributed by atoms with Gasteiger partial charge in [-0.1, -0.05) is 17.7 Å². The molecular formula is C11H14ClNO2S. The van der Waals surface area contributed by atoms with Crippen LogP contribution in [0.3, 0.4) is 0 Å². The summed E-state index contributed by atoms with van der Waals surface area (Å²) in [6.07, 6.45) is 1.70. The van der Waals surface area contributed by atoms with Gasteiger partial charge in [-0.15, -0.1) is 17.9 Å². The van der Waals surface area contributed by atoms with Gasteiger partial charge in [0.15, 0.2) is 0 Å². The number of hydrogen-bond acceptors (Lipinski definition) is 3. The summed E-state index contributed by atoms with van der Waals surface area (Å²) < 4.78 is 0.644. The summed E-state index contributed by atoms with van der Waals surface area (Å²) in [5.74, 6) is -0.0818. The Kier molecular flexibility index (Phi) is 5.52. The van der Waals surface area contributed by atoms with Crippen molar-refractivity contribution in [2.45, 2.75) is 18.9 Å². The number of halogens is 1. The van der Waals surface area contributed by atoms with E-state index < -0.39 is 6.10 Å². The highest BCUT2D eigenvalue weighted by molar-refractivity contribution is 7.16. The van der Waals surface area contributed by atoms with Crippen molar-refractivity contribution in [3.8, 4) is 0 Å². The van der Waals surface area contributed by atoms with Gasteiger partial charge < -0.3 is 10.4 Å². The van der Waals surface area contributed by atoms with E-state index in [1.54, 1.807) is 18.2 Å². The molecule has 88 valence electrons. The van der Waals surface area contributed by atoms with E-state index in [2.05, 4.69) is 11.9 Å². The minimum absolute atomic E-state index is 0.0818. The first kappa shape index (κ1) is 13.2. The molecule has 0 spiro atoms. The number of amides is 1. The van der Waals surface area contributed by atoms with E-state index >= 15 is 0 Å². The zero-order valence-corrected chi connectivity index (χ0v) is 10.4. The van der Waals surface area contributed by atoms with Crippen LogP contribution >= 0.6 is 22.9 Å². The van der Waals surface area contributed by atoms with Crippen molar-refractivity contribution in [2.75, 3.05) is 6.54 Å². The number of aliphatic hydroxyl groups excluding tert-OH is 1. The molecule has 1 aromatic heterocycles. The van der Waals surface area contributed by atoms with Crippen LogP contribution in [0.15, 0.2) is 24.8 Å². The normalized spacial score (nSPS) is 12.1. The largest absolute Gasteiger partial charge is 0.388 e. The molecule has 0 saturated heterocycles. The lowest BCUT2D eigenvalue weighted by Gasteiger charge is -2.07. The van der Waals surface area contributed by atoms with Gasteiger partial charge in [0.1, 0.15) is 0 Å². The van der Waals surface area contributed by atoms with Crippen LogP contribution in [0.1, 0.15) is 23.8 Å². The predicted octanol–water partition coefficient (Wildman–Crippen LogP) is 2.52. The van der Waals surface area contributed by atoms with E-state index in [9.17, 15) is 9.90 Å². The van der Waals surface area contributed by atoms with E-state index in [1.165, 1.54) is 11.3 Å². The molecule has 1 rings (SSSR count). The summed E-state index contributed by atoms with van der Waals surface area (Å²) in [4.78, 5) is 12.0. The van der Waals surface area contributed by atoms with E-state index in [0.29, 0.717) is 23.7 Å². The van der Waals surface area contributed by atoms with Crippen molar-refractivity contribution < 1.29 is 9.90 Å². The van der Waals surface area contributed by atoms with Crippen LogP contribution in [-0.2, 0) is 4.79 Å². The Morgan fingerprint density at radius 3 is 3.00 bits per heavy atom. The van der Waals surface area contributed by atoms with E-state index in [0.717, 1.165) is 4.88 Å². The van der Waals surface area contributed by atoms with E-state index in [1.807, 2.05) is 0 Å². The second-order valence-electron chi connectivity index (χ2n) is 3.29. The molecule has 1 atom stereocenters. The Bertz CT molecular complexity index is 365. The smallest absolute Gasteiger partial charge is 0.220 e. The van der Waals surface area contributed by atoms with Crippen LogP contribution in [0.25, 0.3) is 0 Å². The number of carbonyl (C=O) groups excluding carboxylic acids is 1. The monoisotopic (exact) mass is 259 g/mol. The number of thiophene rings is 1. The maximum atomic E-state index is 11.3. The maximum absolute atomic E-state index is 11.3. The molecule has 2 N–H and O–H groups in total. The topological polar surface area (TPSA) is 49.3 Å². The van der Waals surface area contributed by atoms with Gasteiger partial charge in [0.05, 0.1) is 10.4 Å². The third-order valence-corrected chi connectivity index (χ3v) is 3.34. The highest BCUT2D eigenvalue weighted by Crippen LogP contribution is 2.29. The average Bonchev–Trinajstić information content (AvgIpc) is 2.69. The molecule has 5 heteroatoms. The quantitative estimate of drug-likeness (QED) is 0.772. The maximum Gasteiger partial charge on any atom is 0.220 e. The third kappa shape index (κ3) is 4.35. The van der Waals surface area contributed by atoms with Crippen LogP contribution < -0.4 is 5.32 Å². The molecule has 0 fully saturated rings. The fourth-order valence-corrected chi connectivity index (χ4v) is 2.27. The molecule has 3 nitrogen and oxygen atoms in total. The lowest BCUT2D eigenvalue weighted by atomic mass is 10.1. The molecular weight excluding hydrogens is 246 g/mol. The molecule has 0 aliphatic carbocycles. The summed E-state index contributed by atoms with van der Waals surface area (Å²) in [7, 11) is 0. The molecule has 0 radical (unpaired) electrons. The van der Waals surface area contributed by atoms with Crippen molar-refractivity contribution >= 4 is 28.8 Å². The van der Waals surface area contributed by atoms with Crippen molar-refractivity contribution in [3.63, 3.8) is 0 Å². The Hall–Kier alpha value is -0.840. The first-order valence-corrected chi connectivity index (χ1v) is 6.14. The van der Waals surface area contributed by atoms with Gasteiger partial charge in [-0.2, -0.15) is 0 Å². The minimum Gasteiger partial charge on any atom is -0.388 e. The van der Waals surface area contributed by atoms with Gasteiger partial charge >= 0.3 is 0 Å². The van der Waals surface area contributed by atoms with E-state index in [-0.39, 0.29) is 5.91 Å². The molecule has 0 aliphatic rings. The lowest BCUT2D eigenvalue weighted by molar-refractivity contribution is -0.121. The molecule has 1 aromatic rings. The number of nitrogens with one attached hydrogen (secondary N) is 1. The summed E-state index contributed by atoms with van der Waals surface area (Å²) in [6.45, 7) is 3.96. The van der Waals surface area contributed by atoms with Crippen LogP contribution in [-0.4, -0.2) is 17.6 Å². The van der Waals surface area contributed by atoms with Crippen molar-refractivity contribution in [1.29, 1.82) is 0 Å². The molecule has 1 unspecified atom stereocenters. The second kappa shape index (κ2) is 6.68. The van der Waals surface area contributed by atoms with Crippen LogP contribution in [0.4, 0.5) is 0 Å². The molecule has 16 heavy (non-hydrogen) atoms. The van der Waals surface area contributed by atoms with E-state index in [4.69, 9.17) is 11.6 Å². The Morgan fingerprint density at radius 2 is 2.44 bits per heavy atom. The standard InChI is InChI=1S/C11H14ClNO2S/c1-2-7-13-11(15)6-3-8(14)9-4-5-10(12)16-9/h2,4-5,8,14H,1,3,6-7H2,(H,13,15). The van der Waals surface area contributed by atoms with Crippen molar-refractivity contribution in [3.05, 3.63) is 34.0 Å². The number of aliphatic hydroxyl groups is 1. The highest BCUT2D eigenvalue weighted by atomic mass is 35.5. The van der Waals surface area contributed by atoms with Gasteiger partial charge in [-0.3, -0.25) is 4.79 Å². The second-order valence-corrected chi connectivity index (χ2v) is 5.04. The van der Waals surface area contributed by atoms with Gasteiger partial charge in [-0.05, 0) is 18.6 Å². The van der Waals surface area contributed by atoms with Gasteiger partial charge in [0.25, 0.3) is 0 Å². The summed E-state index contributed by atoms with van der Waals surface area (Å²) in [5, 5.41) is 12.4. The molecule has 0 bridgehead atoms. The SMILES string of the molecule is C=CCNC(=O)CCC(O)c1ccc(Cl)s1. The Morgan fingerprint density at radius 1 is 1.69 bits per heavy atom. The molecule has 1 heterocycles. The zero-order chi connectivity index (χ0) is 12.0. The number of carbonyl (C=O) groups is 1.